The highest BCUT2D eigenvalue weighted by atomic mass is 35.5. The molecule has 2 fully saturated rings. The standard InChI is InChI=1S/C8H14N2O.ClH/c11-7-8(1-2-8)10-5-3-9-4-6-10;/h7,9H,1-6H2;1H. The van der Waals surface area contributed by atoms with Gasteiger partial charge in [0.2, 0.25) is 0 Å². The summed E-state index contributed by atoms with van der Waals surface area (Å²) in [7, 11) is 0. The predicted octanol–water partition coefficient (Wildman–Crippen LogP) is 0.0449. The summed E-state index contributed by atoms with van der Waals surface area (Å²) >= 11 is 0. The Kier molecular flexibility index (Phi) is 3.09. The highest BCUT2D eigenvalue weighted by molar-refractivity contribution is 5.85. The van der Waals surface area contributed by atoms with E-state index in [0.717, 1.165) is 45.3 Å². The Morgan fingerprint density at radius 3 is 2.25 bits per heavy atom. The zero-order chi connectivity index (χ0) is 7.73. The second-order valence-corrected chi connectivity index (χ2v) is 3.46. The first-order valence-corrected chi connectivity index (χ1v) is 4.29. The lowest BCUT2D eigenvalue weighted by Gasteiger charge is -2.31. The highest BCUT2D eigenvalue weighted by Gasteiger charge is 2.47. The SMILES string of the molecule is Cl.O=CC1(N2CCNCC2)CC1. The minimum Gasteiger partial charge on any atom is -0.314 e. The molecule has 1 N–H and O–H groups in total. The molecule has 1 aliphatic heterocycles. The first kappa shape index (κ1) is 9.96. The summed E-state index contributed by atoms with van der Waals surface area (Å²) in [6.45, 7) is 4.16. The van der Waals surface area contributed by atoms with Crippen LogP contribution in [0, 0.1) is 0 Å². The maximum Gasteiger partial charge on any atom is 0.140 e. The molecule has 70 valence electrons. The maximum absolute atomic E-state index is 10.7. The zero-order valence-electron chi connectivity index (χ0n) is 7.08. The molecular formula is C8H15ClN2O. The van der Waals surface area contributed by atoms with Crippen LogP contribution in [0.2, 0.25) is 0 Å². The Hall–Kier alpha value is -0.120. The van der Waals surface area contributed by atoms with Crippen LogP contribution in [0.5, 0.6) is 0 Å². The molecule has 2 rings (SSSR count). The molecule has 1 heterocycles. The number of hydrogen-bond donors (Lipinski definition) is 1. The van der Waals surface area contributed by atoms with Gasteiger partial charge in [0.05, 0.1) is 5.54 Å². The fraction of sp³-hybridized carbons (Fsp3) is 0.875. The Morgan fingerprint density at radius 2 is 1.83 bits per heavy atom. The lowest BCUT2D eigenvalue weighted by atomic mass is 10.2. The summed E-state index contributed by atoms with van der Waals surface area (Å²) in [6.07, 6.45) is 3.30. The molecule has 0 amide bonds. The number of piperazine rings is 1. The monoisotopic (exact) mass is 190 g/mol. The molecule has 2 aliphatic rings. The zero-order valence-corrected chi connectivity index (χ0v) is 7.90. The van der Waals surface area contributed by atoms with Crippen molar-refractivity contribution in [1.82, 2.24) is 10.2 Å². The van der Waals surface area contributed by atoms with Gasteiger partial charge in [0.15, 0.2) is 0 Å². The van der Waals surface area contributed by atoms with Crippen LogP contribution in [0.15, 0.2) is 0 Å². The number of halogens is 1. The minimum absolute atomic E-state index is 0. The van der Waals surface area contributed by atoms with Crippen molar-refractivity contribution in [1.29, 1.82) is 0 Å². The molecule has 0 radical (unpaired) electrons. The van der Waals surface area contributed by atoms with Crippen LogP contribution in [0.1, 0.15) is 12.8 Å². The van der Waals surface area contributed by atoms with Gasteiger partial charge in [-0.2, -0.15) is 0 Å². The van der Waals surface area contributed by atoms with Gasteiger partial charge in [0.25, 0.3) is 0 Å². The molecule has 1 saturated carbocycles. The third kappa shape index (κ3) is 1.63. The topological polar surface area (TPSA) is 32.3 Å². The largest absolute Gasteiger partial charge is 0.314 e. The molecule has 3 nitrogen and oxygen atoms in total. The van der Waals surface area contributed by atoms with E-state index in [-0.39, 0.29) is 17.9 Å². The van der Waals surface area contributed by atoms with Gasteiger partial charge >= 0.3 is 0 Å². The van der Waals surface area contributed by atoms with E-state index in [1.54, 1.807) is 0 Å². The van der Waals surface area contributed by atoms with Crippen molar-refractivity contribution in [2.75, 3.05) is 26.2 Å². The summed E-state index contributed by atoms with van der Waals surface area (Å²) < 4.78 is 0. The van der Waals surface area contributed by atoms with Crippen molar-refractivity contribution < 1.29 is 4.79 Å². The molecule has 0 bridgehead atoms. The molecular weight excluding hydrogens is 176 g/mol. The van der Waals surface area contributed by atoms with E-state index in [0.29, 0.717) is 0 Å². The number of hydrogen-bond acceptors (Lipinski definition) is 3. The van der Waals surface area contributed by atoms with Crippen LogP contribution < -0.4 is 5.32 Å². The van der Waals surface area contributed by atoms with Gasteiger partial charge in [-0.3, -0.25) is 4.90 Å². The minimum atomic E-state index is -0.0257. The quantitative estimate of drug-likeness (QED) is 0.625. The number of carbonyl (C=O) groups excluding carboxylic acids is 1. The number of nitrogens with zero attached hydrogens (tertiary/aromatic N) is 1. The molecule has 0 spiro atoms. The number of rotatable bonds is 2. The normalized spacial score (nSPS) is 27.3. The second-order valence-electron chi connectivity index (χ2n) is 3.46. The van der Waals surface area contributed by atoms with Crippen molar-refractivity contribution >= 4 is 18.7 Å². The molecule has 0 aromatic carbocycles. The Bertz CT molecular complexity index is 164. The first-order chi connectivity index (χ1) is 5.37. The average molecular weight is 191 g/mol. The van der Waals surface area contributed by atoms with Crippen LogP contribution in [0.3, 0.4) is 0 Å². The number of nitrogens with one attached hydrogen (secondary N) is 1. The van der Waals surface area contributed by atoms with E-state index >= 15 is 0 Å². The van der Waals surface area contributed by atoms with Crippen LogP contribution in [-0.2, 0) is 4.79 Å². The lowest BCUT2D eigenvalue weighted by molar-refractivity contribution is -0.114. The van der Waals surface area contributed by atoms with Crippen molar-refractivity contribution in [3.8, 4) is 0 Å². The summed E-state index contributed by atoms with van der Waals surface area (Å²) in [5, 5.41) is 3.28. The summed E-state index contributed by atoms with van der Waals surface area (Å²) in [4.78, 5) is 13.0. The maximum atomic E-state index is 10.7. The van der Waals surface area contributed by atoms with Crippen molar-refractivity contribution in [2.45, 2.75) is 18.4 Å². The van der Waals surface area contributed by atoms with E-state index in [4.69, 9.17) is 0 Å². The smallest absolute Gasteiger partial charge is 0.140 e. The van der Waals surface area contributed by atoms with E-state index in [9.17, 15) is 4.79 Å². The summed E-state index contributed by atoms with van der Waals surface area (Å²) in [6, 6.07) is 0. The van der Waals surface area contributed by atoms with E-state index in [1.807, 2.05) is 0 Å². The fourth-order valence-corrected chi connectivity index (χ4v) is 1.75. The van der Waals surface area contributed by atoms with E-state index < -0.39 is 0 Å². The number of aldehydes is 1. The molecule has 0 atom stereocenters. The molecule has 0 unspecified atom stereocenters. The Balaban J connectivity index is 0.000000720. The summed E-state index contributed by atoms with van der Waals surface area (Å²) in [5.74, 6) is 0. The van der Waals surface area contributed by atoms with Crippen LogP contribution in [0.25, 0.3) is 0 Å². The molecule has 4 heteroatoms. The van der Waals surface area contributed by atoms with Crippen LogP contribution in [0.4, 0.5) is 0 Å². The third-order valence-corrected chi connectivity index (χ3v) is 2.73. The highest BCUT2D eigenvalue weighted by Crippen LogP contribution is 2.39. The Morgan fingerprint density at radius 1 is 1.25 bits per heavy atom. The molecule has 1 saturated heterocycles. The van der Waals surface area contributed by atoms with Gasteiger partial charge in [-0.1, -0.05) is 0 Å². The van der Waals surface area contributed by atoms with Crippen molar-refractivity contribution in [3.05, 3.63) is 0 Å². The van der Waals surface area contributed by atoms with Gasteiger partial charge in [-0.15, -0.1) is 12.4 Å². The predicted molar refractivity (Wildman–Crippen MR) is 49.7 cm³/mol. The van der Waals surface area contributed by atoms with Gasteiger partial charge in [0, 0.05) is 26.2 Å². The van der Waals surface area contributed by atoms with Gasteiger partial charge in [-0.25, -0.2) is 0 Å². The first-order valence-electron chi connectivity index (χ1n) is 4.29. The van der Waals surface area contributed by atoms with Crippen LogP contribution >= 0.6 is 12.4 Å². The lowest BCUT2D eigenvalue weighted by Crippen LogP contribution is -2.50. The Labute approximate surface area is 78.9 Å². The third-order valence-electron chi connectivity index (χ3n) is 2.73. The molecule has 0 aromatic heterocycles. The van der Waals surface area contributed by atoms with E-state index in [1.165, 1.54) is 0 Å². The van der Waals surface area contributed by atoms with Gasteiger partial charge in [0.1, 0.15) is 6.29 Å². The summed E-state index contributed by atoms with van der Waals surface area (Å²) in [5.41, 5.74) is -0.0257. The average Bonchev–Trinajstić information content (AvgIpc) is 2.86. The van der Waals surface area contributed by atoms with Crippen molar-refractivity contribution in [2.24, 2.45) is 0 Å². The molecule has 1 aliphatic carbocycles. The van der Waals surface area contributed by atoms with Gasteiger partial charge < -0.3 is 10.1 Å². The van der Waals surface area contributed by atoms with Gasteiger partial charge in [-0.05, 0) is 12.8 Å². The fourth-order valence-electron chi connectivity index (χ4n) is 1.75. The molecule has 0 aromatic rings. The second kappa shape index (κ2) is 3.73. The molecule has 12 heavy (non-hydrogen) atoms. The van der Waals surface area contributed by atoms with Crippen LogP contribution in [-0.4, -0.2) is 42.9 Å². The van der Waals surface area contributed by atoms with E-state index in [2.05, 4.69) is 10.2 Å². The number of carbonyl (C=O) groups is 1. The van der Waals surface area contributed by atoms with Crippen molar-refractivity contribution in [3.63, 3.8) is 0 Å².